The number of carbonyl (C=O) groups excluding carboxylic acids is 5. The van der Waals surface area contributed by atoms with Crippen LogP contribution >= 0.6 is 0 Å². The number of methoxy groups -OCH3 is 1. The predicted octanol–water partition coefficient (Wildman–Crippen LogP) is -0.645. The first-order valence-electron chi connectivity index (χ1n) is 22.6. The number of amides is 2. The number of nitrogens with one attached hydrogen (secondary N) is 4. The fourth-order valence-corrected chi connectivity index (χ4v) is 6.44. The number of nitrogens with two attached hydrogens (primary N) is 2. The first kappa shape index (κ1) is 60.2. The van der Waals surface area contributed by atoms with Crippen LogP contribution in [-0.2, 0) is 28.7 Å². The standard InChI is InChI=1S/C43H79N7O14/c1-64-34(54)21-9-5-3-7-15-29(46)16-11-26-49-42(62)40(60)38(58)36(56)32(53)23-22-30(51)18-13-25-48-33(47)20-8-4-2-6-14-28(45)17-12-27-50-43(63)41(61)39(59)37(57)35(55)31(52)19-10-24-44/h32,35-41,45-46,53,55-61H,2-27,44H2,1H3,(H2,47,48)(H,49,62)(H,50,63)/t32-,35-,36+,37+,38+,39+,40-,41-/m0/s1. The van der Waals surface area contributed by atoms with Gasteiger partial charge in [0.2, 0.25) is 0 Å². The Kier molecular flexibility index (Phi) is 34.3. The molecule has 16 N–H and O–H groups in total. The van der Waals surface area contributed by atoms with E-state index in [9.17, 15) is 64.8 Å². The molecule has 0 bridgehead atoms. The van der Waals surface area contributed by atoms with Crippen LogP contribution in [-0.4, -0.2) is 170 Å². The van der Waals surface area contributed by atoms with Crippen LogP contribution in [0.1, 0.15) is 141 Å². The van der Waals surface area contributed by atoms with Gasteiger partial charge in [0, 0.05) is 63.2 Å². The lowest BCUT2D eigenvalue weighted by Gasteiger charge is -2.26. The number of hydrogen-bond donors (Lipinski definition) is 14. The van der Waals surface area contributed by atoms with Gasteiger partial charge in [-0.15, -0.1) is 0 Å². The van der Waals surface area contributed by atoms with Crippen LogP contribution in [0, 0.1) is 10.8 Å². The first-order valence-corrected chi connectivity index (χ1v) is 22.6. The largest absolute Gasteiger partial charge is 0.469 e. The van der Waals surface area contributed by atoms with Crippen molar-refractivity contribution in [2.75, 3.05) is 33.3 Å². The molecule has 0 aromatic carbocycles. The highest BCUT2D eigenvalue weighted by molar-refractivity contribution is 5.85. The third kappa shape index (κ3) is 28.2. The van der Waals surface area contributed by atoms with Crippen molar-refractivity contribution in [3.63, 3.8) is 0 Å². The van der Waals surface area contributed by atoms with Gasteiger partial charge in [-0.05, 0) is 90.0 Å². The molecule has 0 unspecified atom stereocenters. The van der Waals surface area contributed by atoms with Gasteiger partial charge < -0.3 is 78.5 Å². The molecule has 0 aliphatic heterocycles. The lowest BCUT2D eigenvalue weighted by atomic mass is 9.97. The van der Waals surface area contributed by atoms with Crippen LogP contribution in [0.25, 0.3) is 0 Å². The molecule has 8 atom stereocenters. The number of nitrogens with zero attached hydrogens (tertiary/aromatic N) is 1. The molecule has 0 spiro atoms. The second kappa shape index (κ2) is 36.4. The fraction of sp³-hybridized carbons (Fsp3) is 0.814. The number of esters is 1. The quantitative estimate of drug-likeness (QED) is 0.0157. The first-order chi connectivity index (χ1) is 30.4. The maximum atomic E-state index is 12.3. The van der Waals surface area contributed by atoms with E-state index in [2.05, 4.69) is 20.4 Å². The average molecular weight is 918 g/mol. The Labute approximate surface area is 376 Å². The van der Waals surface area contributed by atoms with Crippen LogP contribution in [0.4, 0.5) is 0 Å². The Morgan fingerprint density at radius 1 is 0.547 bits per heavy atom. The highest BCUT2D eigenvalue weighted by Gasteiger charge is 2.37. The van der Waals surface area contributed by atoms with E-state index in [1.54, 1.807) is 0 Å². The van der Waals surface area contributed by atoms with E-state index in [4.69, 9.17) is 22.3 Å². The number of aliphatic hydroxyl groups is 8. The number of Topliss-reactive ketones (excluding diaryl/α,β-unsaturated/α-hetero) is 2. The molecule has 0 saturated carbocycles. The van der Waals surface area contributed by atoms with Gasteiger partial charge in [-0.1, -0.05) is 25.7 Å². The third-order valence-electron chi connectivity index (χ3n) is 10.6. The molecule has 370 valence electrons. The minimum absolute atomic E-state index is 0.0987. The van der Waals surface area contributed by atoms with Gasteiger partial charge in [0.05, 0.1) is 19.0 Å². The summed E-state index contributed by atoms with van der Waals surface area (Å²) in [6.07, 6.45) is -4.90. The van der Waals surface area contributed by atoms with Crippen molar-refractivity contribution >= 4 is 46.6 Å². The molecule has 0 fully saturated rings. The maximum absolute atomic E-state index is 12.3. The molecule has 0 aliphatic carbocycles. The van der Waals surface area contributed by atoms with Crippen molar-refractivity contribution in [2.24, 2.45) is 16.5 Å². The van der Waals surface area contributed by atoms with Crippen molar-refractivity contribution in [2.45, 2.75) is 190 Å². The molecule has 0 aromatic rings. The molecule has 0 radical (unpaired) electrons. The molecular formula is C43H79N7O14. The normalized spacial score (nSPS) is 15.5. The molecular weight excluding hydrogens is 839 g/mol. The number of ketones is 2. The predicted molar refractivity (Wildman–Crippen MR) is 239 cm³/mol. The average Bonchev–Trinajstić information content (AvgIpc) is 3.28. The Hall–Kier alpha value is -3.80. The van der Waals surface area contributed by atoms with E-state index < -0.39 is 66.4 Å². The Bertz CT molecular complexity index is 1420. The Morgan fingerprint density at radius 3 is 1.50 bits per heavy atom. The topological polar surface area (TPSA) is 393 Å². The van der Waals surface area contributed by atoms with Crippen LogP contribution in [0.15, 0.2) is 4.99 Å². The van der Waals surface area contributed by atoms with Crippen LogP contribution in [0.3, 0.4) is 0 Å². The molecule has 0 aromatic heterocycles. The summed E-state index contributed by atoms with van der Waals surface area (Å²) in [5.41, 5.74) is 12.3. The van der Waals surface area contributed by atoms with Crippen LogP contribution in [0.2, 0.25) is 0 Å². The second-order valence-electron chi connectivity index (χ2n) is 16.2. The lowest BCUT2D eigenvalue weighted by Crippen LogP contribution is -2.52. The van der Waals surface area contributed by atoms with Crippen molar-refractivity contribution in [3.05, 3.63) is 0 Å². The maximum Gasteiger partial charge on any atom is 0.305 e. The number of ether oxygens (including phenoxy) is 1. The zero-order valence-corrected chi connectivity index (χ0v) is 37.6. The fourth-order valence-electron chi connectivity index (χ4n) is 6.44. The Balaban J connectivity index is 4.11. The number of hydrogen-bond acceptors (Lipinski definition) is 18. The van der Waals surface area contributed by atoms with E-state index in [0.29, 0.717) is 81.6 Å². The van der Waals surface area contributed by atoms with E-state index in [1.807, 2.05) is 0 Å². The number of unbranched alkanes of at least 4 members (excludes halogenated alkanes) is 6. The van der Waals surface area contributed by atoms with Gasteiger partial charge in [0.1, 0.15) is 36.3 Å². The summed E-state index contributed by atoms with van der Waals surface area (Å²) < 4.78 is 4.60. The highest BCUT2D eigenvalue weighted by Crippen LogP contribution is 2.14. The molecule has 0 saturated heterocycles. The summed E-state index contributed by atoms with van der Waals surface area (Å²) >= 11 is 0. The SMILES string of the molecule is COC(=O)CCCCCCC(=N)CCCNC(=O)[C@@H](O)[C@H](O)[C@H](O)[C@@H](O)CCC(=O)CCCN=C(N)CCCCCCC(=N)CCCNC(=O)[C@@H](O)[C@H](O)[C@H](O)[C@@H](O)C(=O)CCCN. The van der Waals surface area contributed by atoms with Crippen molar-refractivity contribution < 1.29 is 69.6 Å². The molecule has 0 heterocycles. The van der Waals surface area contributed by atoms with Crippen molar-refractivity contribution in [3.8, 4) is 0 Å². The zero-order valence-electron chi connectivity index (χ0n) is 37.6. The Morgan fingerprint density at radius 2 is 1.00 bits per heavy atom. The minimum atomic E-state index is -2.09. The molecule has 64 heavy (non-hydrogen) atoms. The number of amidine groups is 1. The van der Waals surface area contributed by atoms with Gasteiger partial charge in [0.15, 0.2) is 18.0 Å². The summed E-state index contributed by atoms with van der Waals surface area (Å²) in [6, 6.07) is 0. The zero-order chi connectivity index (χ0) is 48.5. The second-order valence-corrected chi connectivity index (χ2v) is 16.2. The number of aliphatic hydroxyl groups excluding tert-OH is 8. The van der Waals surface area contributed by atoms with Crippen LogP contribution < -0.4 is 22.1 Å². The molecule has 21 nitrogen and oxygen atoms in total. The molecule has 0 aliphatic rings. The number of rotatable bonds is 41. The summed E-state index contributed by atoms with van der Waals surface area (Å²) in [7, 11) is 1.35. The van der Waals surface area contributed by atoms with Gasteiger partial charge in [0.25, 0.3) is 11.8 Å². The van der Waals surface area contributed by atoms with E-state index in [1.165, 1.54) is 7.11 Å². The lowest BCUT2D eigenvalue weighted by molar-refractivity contribution is -0.154. The van der Waals surface area contributed by atoms with E-state index in [0.717, 1.165) is 51.4 Å². The summed E-state index contributed by atoms with van der Waals surface area (Å²) in [6.45, 7) is 0.742. The van der Waals surface area contributed by atoms with E-state index in [-0.39, 0.29) is 63.5 Å². The van der Waals surface area contributed by atoms with Gasteiger partial charge in [-0.2, -0.15) is 0 Å². The van der Waals surface area contributed by atoms with E-state index >= 15 is 0 Å². The smallest absolute Gasteiger partial charge is 0.305 e. The molecule has 2 amide bonds. The van der Waals surface area contributed by atoms with Gasteiger partial charge in [-0.25, -0.2) is 0 Å². The summed E-state index contributed by atoms with van der Waals surface area (Å²) in [5, 5.41) is 102. The molecule has 21 heteroatoms. The summed E-state index contributed by atoms with van der Waals surface area (Å²) in [4.78, 5) is 64.0. The number of carbonyl (C=O) groups is 5. The van der Waals surface area contributed by atoms with Gasteiger partial charge in [-0.3, -0.25) is 29.0 Å². The van der Waals surface area contributed by atoms with Crippen molar-refractivity contribution in [1.82, 2.24) is 10.6 Å². The van der Waals surface area contributed by atoms with Crippen molar-refractivity contribution in [1.29, 1.82) is 10.8 Å². The minimum Gasteiger partial charge on any atom is -0.469 e. The van der Waals surface area contributed by atoms with Gasteiger partial charge >= 0.3 is 5.97 Å². The third-order valence-corrected chi connectivity index (χ3v) is 10.6. The van der Waals surface area contributed by atoms with Crippen LogP contribution in [0.5, 0.6) is 0 Å². The number of aliphatic imine (C=N–C) groups is 1. The summed E-state index contributed by atoms with van der Waals surface area (Å²) in [5.74, 6) is -2.68. The molecule has 0 rings (SSSR count). The highest BCUT2D eigenvalue weighted by atomic mass is 16.5. The monoisotopic (exact) mass is 918 g/mol.